The van der Waals surface area contributed by atoms with Gasteiger partial charge in [0, 0.05) is 58.2 Å². The minimum absolute atomic E-state index is 0.430. The Balaban J connectivity index is 1.39. The first-order valence-electron chi connectivity index (χ1n) is 14.1. The van der Waals surface area contributed by atoms with Crippen molar-refractivity contribution in [2.45, 2.75) is 9.79 Å². The summed E-state index contributed by atoms with van der Waals surface area (Å²) in [5.74, 6) is 0. The van der Waals surface area contributed by atoms with Gasteiger partial charge in [-0.05, 0) is 48.5 Å². The van der Waals surface area contributed by atoms with Crippen molar-refractivity contribution < 1.29 is 9.47 Å². The molecule has 4 aromatic carbocycles. The average Bonchev–Trinajstić information content (AvgIpc) is 3.02. The van der Waals surface area contributed by atoms with Crippen LogP contribution in [0.3, 0.4) is 0 Å². The van der Waals surface area contributed by atoms with Crippen LogP contribution in [0.1, 0.15) is 0 Å². The van der Waals surface area contributed by atoms with E-state index >= 15 is 0 Å². The quantitative estimate of drug-likeness (QED) is 0.190. The maximum Gasteiger partial charge on any atom is 0.0642 e. The zero-order valence-electron chi connectivity index (χ0n) is 23.8. The van der Waals surface area contributed by atoms with Gasteiger partial charge in [-0.2, -0.15) is 0 Å². The molecule has 0 saturated carbocycles. The Bertz CT molecular complexity index is 1640. The number of hydrogen-bond acceptors (Lipinski definition) is 7. The first-order valence-corrected chi connectivity index (χ1v) is 17.2. The van der Waals surface area contributed by atoms with E-state index in [9.17, 15) is 0 Å². The number of benzene rings is 4. The summed E-state index contributed by atoms with van der Waals surface area (Å²) in [6.45, 7) is 5.32. The van der Waals surface area contributed by atoms with E-state index in [0.717, 1.165) is 21.2 Å². The van der Waals surface area contributed by atoms with Crippen molar-refractivity contribution in [2.24, 2.45) is 0 Å². The molecular weight excluding hydrogens is 717 g/mol. The van der Waals surface area contributed by atoms with E-state index in [0.29, 0.717) is 116 Å². The van der Waals surface area contributed by atoms with E-state index in [1.165, 1.54) is 11.8 Å². The van der Waals surface area contributed by atoms with Crippen molar-refractivity contribution in [2.75, 3.05) is 73.9 Å². The highest BCUT2D eigenvalue weighted by molar-refractivity contribution is 7.99. The van der Waals surface area contributed by atoms with Gasteiger partial charge < -0.3 is 30.7 Å². The van der Waals surface area contributed by atoms with Gasteiger partial charge in [0.15, 0.2) is 0 Å². The van der Waals surface area contributed by atoms with Gasteiger partial charge in [-0.15, -0.1) is 0 Å². The third-order valence-electron chi connectivity index (χ3n) is 7.81. The van der Waals surface area contributed by atoms with Crippen LogP contribution in [-0.4, -0.2) is 52.6 Å². The Hall–Kier alpha value is -1.91. The van der Waals surface area contributed by atoms with Crippen molar-refractivity contribution in [3.05, 3.63) is 78.7 Å². The van der Waals surface area contributed by atoms with Crippen molar-refractivity contribution >= 4 is 104 Å². The maximum absolute atomic E-state index is 7.09. The van der Waals surface area contributed by atoms with Gasteiger partial charge in [0.2, 0.25) is 0 Å². The van der Waals surface area contributed by atoms with Gasteiger partial charge in [-0.1, -0.05) is 81.4 Å². The average molecular weight is 745 g/mol. The highest BCUT2D eigenvalue weighted by Gasteiger charge is 2.24. The highest BCUT2D eigenvalue weighted by atomic mass is 35.5. The SMILES string of the molecule is Nc1cc(Cl)c(-c2c(Cl)ccc(Sc3ccc(Cl)c(-c4cc(N5CCOCC5)c(N)cc4Cl)c3Cl)c2Cl)cc1N1CCOCC1. The Morgan fingerprint density at radius 2 is 0.911 bits per heavy atom. The minimum atomic E-state index is 0.430. The molecule has 0 unspecified atom stereocenters. The third kappa shape index (κ3) is 6.75. The van der Waals surface area contributed by atoms with Gasteiger partial charge in [-0.25, -0.2) is 0 Å². The summed E-state index contributed by atoms with van der Waals surface area (Å²) in [6, 6.07) is 14.6. The fraction of sp³-hybridized carbons (Fsp3) is 0.250. The molecule has 4 N–H and O–H groups in total. The monoisotopic (exact) mass is 742 g/mol. The predicted molar refractivity (Wildman–Crippen MR) is 193 cm³/mol. The van der Waals surface area contributed by atoms with Gasteiger partial charge >= 0.3 is 0 Å². The van der Waals surface area contributed by atoms with Crippen LogP contribution in [0.15, 0.2) is 58.3 Å². The zero-order valence-corrected chi connectivity index (χ0v) is 29.2. The van der Waals surface area contributed by atoms with Crippen molar-refractivity contribution in [3.8, 4) is 22.3 Å². The van der Waals surface area contributed by atoms with Gasteiger partial charge in [0.05, 0.1) is 79.3 Å². The Kier molecular flexibility index (Phi) is 10.3. The summed E-state index contributed by atoms with van der Waals surface area (Å²) >= 11 is 42.6. The van der Waals surface area contributed by atoms with Crippen molar-refractivity contribution in [1.29, 1.82) is 0 Å². The largest absolute Gasteiger partial charge is 0.397 e. The van der Waals surface area contributed by atoms with Crippen molar-refractivity contribution in [1.82, 2.24) is 0 Å². The summed E-state index contributed by atoms with van der Waals surface area (Å²) in [5, 5.41) is 2.65. The molecule has 6 nitrogen and oxygen atoms in total. The summed E-state index contributed by atoms with van der Waals surface area (Å²) in [4.78, 5) is 5.79. The van der Waals surface area contributed by atoms with E-state index in [1.807, 2.05) is 24.3 Å². The molecule has 0 radical (unpaired) electrons. The number of ether oxygens (including phenoxy) is 2. The fourth-order valence-electron chi connectivity index (χ4n) is 5.53. The molecule has 0 aliphatic carbocycles. The van der Waals surface area contributed by atoms with Crippen LogP contribution in [0.2, 0.25) is 30.1 Å². The molecule has 2 aliphatic heterocycles. The third-order valence-corrected chi connectivity index (χ3v) is 11.2. The molecule has 0 atom stereocenters. The first kappa shape index (κ1) is 33.0. The molecule has 0 aromatic heterocycles. The lowest BCUT2D eigenvalue weighted by molar-refractivity contribution is 0.122. The van der Waals surface area contributed by atoms with Crippen molar-refractivity contribution in [3.63, 3.8) is 0 Å². The molecule has 236 valence electrons. The minimum Gasteiger partial charge on any atom is -0.397 e. The molecule has 2 fully saturated rings. The smallest absolute Gasteiger partial charge is 0.0642 e. The van der Waals surface area contributed by atoms with E-state index in [2.05, 4.69) is 9.80 Å². The lowest BCUT2D eigenvalue weighted by atomic mass is 10.0. The second-order valence-electron chi connectivity index (χ2n) is 10.6. The molecule has 0 amide bonds. The number of hydrogen-bond donors (Lipinski definition) is 2. The molecule has 13 heteroatoms. The molecule has 0 spiro atoms. The summed E-state index contributed by atoms with van der Waals surface area (Å²) in [6.07, 6.45) is 0. The standard InChI is InChI=1S/C32H28Cl6N4O2S/c33-19-1-3-27(31(37)29(19)17-13-25(23(39)15-21(17)35)41-5-9-43-10-6-41)45-28-4-2-20(34)30(32(28)38)18-14-26(24(40)16-22(18)36)42-7-11-44-12-8-42/h1-4,13-16H,5-12,39-40H2. The lowest BCUT2D eigenvalue weighted by Gasteiger charge is -2.30. The summed E-state index contributed by atoms with van der Waals surface area (Å²) < 4.78 is 11.0. The molecule has 4 aromatic rings. The molecule has 0 bridgehead atoms. The molecule has 2 saturated heterocycles. The maximum atomic E-state index is 7.09. The Morgan fingerprint density at radius 1 is 0.533 bits per heavy atom. The number of nitrogens with two attached hydrogens (primary N) is 2. The Morgan fingerprint density at radius 3 is 1.29 bits per heavy atom. The van der Waals surface area contributed by atoms with E-state index < -0.39 is 0 Å². The van der Waals surface area contributed by atoms with E-state index in [4.69, 9.17) is 90.5 Å². The molecular formula is C32H28Cl6N4O2S. The van der Waals surface area contributed by atoms with Crippen LogP contribution in [0.4, 0.5) is 22.7 Å². The Labute approximate surface area is 296 Å². The van der Waals surface area contributed by atoms with Crippen LogP contribution in [0.5, 0.6) is 0 Å². The number of rotatable bonds is 6. The highest BCUT2D eigenvalue weighted by Crippen LogP contribution is 2.50. The topological polar surface area (TPSA) is 77.0 Å². The van der Waals surface area contributed by atoms with Crippen LogP contribution < -0.4 is 21.3 Å². The first-order chi connectivity index (χ1) is 21.6. The van der Waals surface area contributed by atoms with Gasteiger partial charge in [0.1, 0.15) is 0 Å². The van der Waals surface area contributed by atoms with Crippen LogP contribution in [0.25, 0.3) is 22.3 Å². The molecule has 2 heterocycles. The van der Waals surface area contributed by atoms with Crippen LogP contribution >= 0.6 is 81.4 Å². The summed E-state index contributed by atoms with van der Waals surface area (Å²) in [5.41, 5.74) is 18.2. The van der Waals surface area contributed by atoms with Crippen LogP contribution in [-0.2, 0) is 9.47 Å². The number of anilines is 4. The normalized spacial score (nSPS) is 15.5. The molecule has 45 heavy (non-hydrogen) atoms. The second-order valence-corrected chi connectivity index (χ2v) is 14.0. The lowest BCUT2D eigenvalue weighted by Crippen LogP contribution is -2.36. The summed E-state index contributed by atoms with van der Waals surface area (Å²) in [7, 11) is 0. The number of nitrogen functional groups attached to an aromatic ring is 2. The molecule has 2 aliphatic rings. The molecule has 6 rings (SSSR count). The number of nitrogens with zero attached hydrogens (tertiary/aromatic N) is 2. The van der Waals surface area contributed by atoms with E-state index in [1.54, 1.807) is 24.3 Å². The fourth-order valence-corrected chi connectivity index (χ4v) is 8.34. The predicted octanol–water partition coefficient (Wildman–Crippen LogP) is 9.93. The zero-order chi connectivity index (χ0) is 31.8. The number of halogens is 6. The van der Waals surface area contributed by atoms with Crippen LogP contribution in [0, 0.1) is 0 Å². The number of morpholine rings is 2. The second kappa shape index (κ2) is 14.1. The van der Waals surface area contributed by atoms with E-state index in [-0.39, 0.29) is 0 Å². The van der Waals surface area contributed by atoms with Gasteiger partial charge in [0.25, 0.3) is 0 Å². The van der Waals surface area contributed by atoms with Gasteiger partial charge in [-0.3, -0.25) is 0 Å².